The summed E-state index contributed by atoms with van der Waals surface area (Å²) in [6.45, 7) is 0. The quantitative estimate of drug-likeness (QED) is 0.185. The molecule has 0 aliphatic carbocycles. The van der Waals surface area contributed by atoms with Crippen molar-refractivity contribution < 1.29 is 13.3 Å². The zero-order valence-corrected chi connectivity index (χ0v) is 25.5. The highest BCUT2D eigenvalue weighted by molar-refractivity contribution is 6.28. The summed E-state index contributed by atoms with van der Waals surface area (Å²) < 4.78 is 19.4. The van der Waals surface area contributed by atoms with Crippen molar-refractivity contribution in [3.63, 3.8) is 0 Å². The average Bonchev–Trinajstić information content (AvgIpc) is 3.82. The molecule has 7 aromatic carbocycles. The second-order valence-corrected chi connectivity index (χ2v) is 12.4. The number of furan rings is 3. The standard InChI is InChI=1S/C43H24N2O3/c1-2-11-26-24(10-1)22-25(27-12-3-4-13-28(26)27)23-37-44-41-30-15-6-8-18-33(30)48-43(41)42(45-37)31-16-9-19-34-39(31)40-36(47-34)21-20-35-38(40)29-14-5-7-17-32(29)46-35/h1-22H,23H2. The van der Waals surface area contributed by atoms with Crippen LogP contribution in [-0.2, 0) is 6.42 Å². The molecule has 0 radical (unpaired) electrons. The minimum Gasteiger partial charge on any atom is -0.456 e. The van der Waals surface area contributed by atoms with Gasteiger partial charge in [-0.3, -0.25) is 0 Å². The van der Waals surface area contributed by atoms with Crippen molar-refractivity contribution >= 4 is 87.5 Å². The van der Waals surface area contributed by atoms with Crippen LogP contribution < -0.4 is 0 Å². The van der Waals surface area contributed by atoms with E-state index in [0.717, 1.165) is 77.4 Å². The summed E-state index contributed by atoms with van der Waals surface area (Å²) in [4.78, 5) is 10.5. The lowest BCUT2D eigenvalue weighted by atomic mass is 9.95. The van der Waals surface area contributed by atoms with Gasteiger partial charge in [0.05, 0.1) is 0 Å². The third kappa shape index (κ3) is 3.55. The highest BCUT2D eigenvalue weighted by Gasteiger charge is 2.24. The molecule has 4 aromatic heterocycles. The van der Waals surface area contributed by atoms with Gasteiger partial charge in [-0.25, -0.2) is 9.97 Å². The normalized spacial score (nSPS) is 12.2. The van der Waals surface area contributed by atoms with Gasteiger partial charge in [-0.15, -0.1) is 0 Å². The molecule has 5 heteroatoms. The maximum absolute atomic E-state index is 6.58. The Balaban J connectivity index is 1.23. The molecule has 4 heterocycles. The molecular weight excluding hydrogens is 592 g/mol. The van der Waals surface area contributed by atoms with E-state index < -0.39 is 0 Å². The van der Waals surface area contributed by atoms with Gasteiger partial charge in [-0.05, 0) is 63.5 Å². The van der Waals surface area contributed by atoms with E-state index in [2.05, 4.69) is 72.8 Å². The number of rotatable bonds is 3. The average molecular weight is 617 g/mol. The van der Waals surface area contributed by atoms with Gasteiger partial charge in [-0.1, -0.05) is 97.1 Å². The molecule has 0 atom stereocenters. The number of aromatic nitrogens is 2. The van der Waals surface area contributed by atoms with Crippen LogP contribution in [0.5, 0.6) is 0 Å². The molecule has 5 nitrogen and oxygen atoms in total. The maximum atomic E-state index is 6.58. The largest absolute Gasteiger partial charge is 0.456 e. The Labute approximate surface area is 272 Å². The minimum atomic E-state index is 0.562. The predicted octanol–water partition coefficient (Wildman–Crippen LogP) is 11.7. The van der Waals surface area contributed by atoms with Crippen molar-refractivity contribution in [2.75, 3.05) is 0 Å². The zero-order chi connectivity index (χ0) is 31.3. The van der Waals surface area contributed by atoms with Crippen LogP contribution in [0.15, 0.2) is 147 Å². The molecule has 0 saturated carbocycles. The third-order valence-electron chi connectivity index (χ3n) is 9.72. The van der Waals surface area contributed by atoms with Crippen LogP contribution in [0.25, 0.3) is 98.7 Å². The molecule has 0 unspecified atom stereocenters. The molecule has 0 bridgehead atoms. The van der Waals surface area contributed by atoms with Crippen molar-refractivity contribution in [1.82, 2.24) is 9.97 Å². The summed E-state index contributed by atoms with van der Waals surface area (Å²) in [6, 6.07) is 45.8. The molecule has 11 rings (SSSR count). The molecule has 0 spiro atoms. The van der Waals surface area contributed by atoms with E-state index in [0.29, 0.717) is 12.0 Å². The Hall–Kier alpha value is -6.46. The summed E-state index contributed by atoms with van der Waals surface area (Å²) in [7, 11) is 0. The lowest BCUT2D eigenvalue weighted by molar-refractivity contribution is 0.662. The van der Waals surface area contributed by atoms with Gasteiger partial charge in [0.25, 0.3) is 0 Å². The third-order valence-corrected chi connectivity index (χ3v) is 9.72. The molecule has 11 aromatic rings. The summed E-state index contributed by atoms with van der Waals surface area (Å²) in [6.07, 6.45) is 0.562. The Kier molecular flexibility index (Phi) is 5.10. The van der Waals surface area contributed by atoms with Crippen LogP contribution in [0.1, 0.15) is 11.4 Å². The first-order valence-electron chi connectivity index (χ1n) is 16.1. The van der Waals surface area contributed by atoms with Crippen LogP contribution in [0.4, 0.5) is 0 Å². The molecule has 48 heavy (non-hydrogen) atoms. The maximum Gasteiger partial charge on any atom is 0.180 e. The first-order valence-corrected chi connectivity index (χ1v) is 16.1. The van der Waals surface area contributed by atoms with Gasteiger partial charge in [0, 0.05) is 38.9 Å². The number of fused-ring (bicyclic) bond motifs is 13. The Morgan fingerprint density at radius 2 is 1.06 bits per heavy atom. The number of hydrogen-bond acceptors (Lipinski definition) is 5. The van der Waals surface area contributed by atoms with Gasteiger partial charge in [0.15, 0.2) is 5.58 Å². The van der Waals surface area contributed by atoms with Gasteiger partial charge < -0.3 is 13.3 Å². The van der Waals surface area contributed by atoms with Gasteiger partial charge in [-0.2, -0.15) is 0 Å². The van der Waals surface area contributed by atoms with Gasteiger partial charge in [0.2, 0.25) is 0 Å². The number of nitrogens with zero attached hydrogens (tertiary/aromatic N) is 2. The topological polar surface area (TPSA) is 65.2 Å². The highest BCUT2D eigenvalue weighted by atomic mass is 16.3. The van der Waals surface area contributed by atoms with Crippen molar-refractivity contribution in [2.45, 2.75) is 6.42 Å². The van der Waals surface area contributed by atoms with Crippen LogP contribution in [0, 0.1) is 0 Å². The monoisotopic (exact) mass is 616 g/mol. The van der Waals surface area contributed by atoms with Crippen molar-refractivity contribution in [3.05, 3.63) is 145 Å². The fourth-order valence-corrected chi connectivity index (χ4v) is 7.67. The fraction of sp³-hybridized carbons (Fsp3) is 0.0233. The zero-order valence-electron chi connectivity index (χ0n) is 25.5. The van der Waals surface area contributed by atoms with Crippen molar-refractivity contribution in [1.29, 1.82) is 0 Å². The summed E-state index contributed by atoms with van der Waals surface area (Å²) in [5.41, 5.74) is 8.35. The summed E-state index contributed by atoms with van der Waals surface area (Å²) in [5.74, 6) is 0.730. The molecule has 0 N–H and O–H groups in total. The second-order valence-electron chi connectivity index (χ2n) is 12.4. The molecule has 0 fully saturated rings. The lowest BCUT2D eigenvalue weighted by Gasteiger charge is -2.11. The van der Waals surface area contributed by atoms with E-state index in [-0.39, 0.29) is 0 Å². The number of para-hydroxylation sites is 2. The number of benzene rings is 7. The van der Waals surface area contributed by atoms with Crippen LogP contribution in [0.3, 0.4) is 0 Å². The fourth-order valence-electron chi connectivity index (χ4n) is 7.67. The Morgan fingerprint density at radius 1 is 0.438 bits per heavy atom. The van der Waals surface area contributed by atoms with Crippen LogP contribution in [0.2, 0.25) is 0 Å². The molecule has 0 aliphatic heterocycles. The van der Waals surface area contributed by atoms with Crippen LogP contribution >= 0.6 is 0 Å². The molecule has 0 amide bonds. The van der Waals surface area contributed by atoms with E-state index in [1.165, 1.54) is 27.1 Å². The molecule has 0 aliphatic rings. The van der Waals surface area contributed by atoms with E-state index in [9.17, 15) is 0 Å². The van der Waals surface area contributed by atoms with Crippen LogP contribution in [-0.4, -0.2) is 9.97 Å². The SMILES string of the molecule is c1ccc2c(c1)cc(Cc1nc(-c3cccc4oc5ccc6oc7ccccc7c6c5c34)c3oc4ccccc4c3n1)c1ccccc12. The lowest BCUT2D eigenvalue weighted by Crippen LogP contribution is -2.00. The summed E-state index contributed by atoms with van der Waals surface area (Å²) in [5, 5.41) is 9.91. The van der Waals surface area contributed by atoms with Gasteiger partial charge >= 0.3 is 0 Å². The Morgan fingerprint density at radius 3 is 1.92 bits per heavy atom. The van der Waals surface area contributed by atoms with Crippen molar-refractivity contribution in [3.8, 4) is 11.3 Å². The van der Waals surface area contributed by atoms with Gasteiger partial charge in [0.1, 0.15) is 45.0 Å². The number of hydrogen-bond donors (Lipinski definition) is 0. The van der Waals surface area contributed by atoms with E-state index >= 15 is 0 Å². The molecule has 224 valence electrons. The highest BCUT2D eigenvalue weighted by Crippen LogP contribution is 2.45. The smallest absolute Gasteiger partial charge is 0.180 e. The first-order chi connectivity index (χ1) is 23.8. The molecular formula is C43H24N2O3. The van der Waals surface area contributed by atoms with Crippen molar-refractivity contribution in [2.24, 2.45) is 0 Å². The first kappa shape index (κ1) is 25.7. The second kappa shape index (κ2) is 9.53. The Bertz CT molecular complexity index is 3110. The molecule has 0 saturated heterocycles. The summed E-state index contributed by atoms with van der Waals surface area (Å²) >= 11 is 0. The van der Waals surface area contributed by atoms with E-state index in [1.54, 1.807) is 0 Å². The predicted molar refractivity (Wildman–Crippen MR) is 194 cm³/mol. The van der Waals surface area contributed by atoms with E-state index in [1.807, 2.05) is 60.7 Å². The van der Waals surface area contributed by atoms with E-state index in [4.69, 9.17) is 23.2 Å². The minimum absolute atomic E-state index is 0.562.